The van der Waals surface area contributed by atoms with Crippen molar-refractivity contribution in [2.24, 2.45) is 0 Å². The number of halogens is 1. The van der Waals surface area contributed by atoms with Crippen molar-refractivity contribution in [3.63, 3.8) is 0 Å². The molecule has 7 nitrogen and oxygen atoms in total. The van der Waals surface area contributed by atoms with Crippen LogP contribution in [0.15, 0.2) is 42.7 Å². The highest BCUT2D eigenvalue weighted by Crippen LogP contribution is 2.29. The number of carbonyl (C=O) groups is 1. The topological polar surface area (TPSA) is 84.1 Å². The number of hydrogen-bond donors (Lipinski definition) is 1. The molecular weight excluding hydrogens is 433 g/mol. The maximum absolute atomic E-state index is 15.2. The van der Waals surface area contributed by atoms with Crippen LogP contribution in [0.5, 0.6) is 0 Å². The summed E-state index contributed by atoms with van der Waals surface area (Å²) < 4.78 is 16.5. The third-order valence-electron chi connectivity index (χ3n) is 6.22. The normalized spacial score (nSPS) is 11.2. The molecule has 34 heavy (non-hydrogen) atoms. The quantitative estimate of drug-likeness (QED) is 0.402. The molecule has 0 unspecified atom stereocenters. The number of fused-ring (bicyclic) bond motifs is 1. The van der Waals surface area contributed by atoms with E-state index in [-0.39, 0.29) is 17.3 Å². The summed E-state index contributed by atoms with van der Waals surface area (Å²) in [5, 5.41) is 14.1. The summed E-state index contributed by atoms with van der Waals surface area (Å²) in [6.07, 6.45) is 3.90. The van der Waals surface area contributed by atoms with Crippen LogP contribution >= 0.6 is 0 Å². The Morgan fingerprint density at radius 1 is 1.09 bits per heavy atom. The van der Waals surface area contributed by atoms with E-state index in [4.69, 9.17) is 4.98 Å². The maximum atomic E-state index is 15.2. The fraction of sp³-hybridized carbons (Fsp3) is 0.308. The summed E-state index contributed by atoms with van der Waals surface area (Å²) in [6.45, 7) is 9.63. The Hall–Kier alpha value is -3.81. The van der Waals surface area contributed by atoms with Crippen molar-refractivity contribution in [1.29, 1.82) is 0 Å². The van der Waals surface area contributed by atoms with Crippen LogP contribution in [-0.4, -0.2) is 43.9 Å². The van der Waals surface area contributed by atoms with Gasteiger partial charge in [0.25, 0.3) is 5.95 Å². The fourth-order valence-electron chi connectivity index (χ4n) is 4.27. The molecule has 0 atom stereocenters. The van der Waals surface area contributed by atoms with Crippen molar-refractivity contribution in [1.82, 2.24) is 19.7 Å². The molecule has 0 aliphatic carbocycles. The van der Waals surface area contributed by atoms with Gasteiger partial charge in [-0.1, -0.05) is 18.2 Å². The van der Waals surface area contributed by atoms with Gasteiger partial charge < -0.3 is 10.0 Å². The second kappa shape index (κ2) is 9.59. The summed E-state index contributed by atoms with van der Waals surface area (Å²) in [6, 6.07) is 9.49. The fourth-order valence-corrected chi connectivity index (χ4v) is 4.27. The van der Waals surface area contributed by atoms with Crippen molar-refractivity contribution in [3.05, 3.63) is 76.4 Å². The van der Waals surface area contributed by atoms with E-state index in [1.807, 2.05) is 26.0 Å². The zero-order valence-electron chi connectivity index (χ0n) is 19.8. The first-order chi connectivity index (χ1) is 16.3. The monoisotopic (exact) mass is 461 g/mol. The molecule has 0 amide bonds. The van der Waals surface area contributed by atoms with Crippen molar-refractivity contribution >= 4 is 22.7 Å². The van der Waals surface area contributed by atoms with Gasteiger partial charge in [-0.3, -0.25) is 0 Å². The van der Waals surface area contributed by atoms with Crippen LogP contribution in [-0.2, 0) is 12.8 Å². The van der Waals surface area contributed by atoms with Gasteiger partial charge >= 0.3 is 5.97 Å². The molecule has 0 aliphatic rings. The van der Waals surface area contributed by atoms with Gasteiger partial charge in [-0.25, -0.2) is 18.9 Å². The van der Waals surface area contributed by atoms with E-state index >= 15 is 4.39 Å². The van der Waals surface area contributed by atoms with E-state index in [1.54, 1.807) is 0 Å². The summed E-state index contributed by atoms with van der Waals surface area (Å²) in [4.78, 5) is 22.5. The Kier molecular flexibility index (Phi) is 6.58. The second-order valence-corrected chi connectivity index (χ2v) is 8.33. The number of aromatic carboxylic acids is 1. The zero-order valence-corrected chi connectivity index (χ0v) is 19.8. The number of aromatic nitrogens is 4. The molecule has 2 aromatic heterocycles. The Balaban J connectivity index is 1.80. The van der Waals surface area contributed by atoms with Crippen LogP contribution < -0.4 is 4.90 Å². The molecule has 8 heteroatoms. The Bertz CT molecular complexity index is 1340. The van der Waals surface area contributed by atoms with E-state index in [2.05, 4.69) is 41.0 Å². The number of hydrogen-bond acceptors (Lipinski definition) is 5. The molecule has 0 spiro atoms. The SMILES string of the molecule is CCN(CC)c1nc(-n2cc(C(=O)O)cn2)nc2cc(F)c(CCc3c(C)cccc3C)cc12. The lowest BCUT2D eigenvalue weighted by atomic mass is 9.95. The van der Waals surface area contributed by atoms with Crippen LogP contribution in [0, 0.1) is 19.7 Å². The predicted octanol–water partition coefficient (Wildman–Crippen LogP) is 4.90. The first kappa shape index (κ1) is 23.4. The molecule has 1 N–H and O–H groups in total. The Morgan fingerprint density at radius 3 is 2.41 bits per heavy atom. The van der Waals surface area contributed by atoms with Crippen molar-refractivity contribution < 1.29 is 14.3 Å². The lowest BCUT2D eigenvalue weighted by molar-refractivity contribution is 0.0697. The second-order valence-electron chi connectivity index (χ2n) is 8.33. The van der Waals surface area contributed by atoms with Crippen LogP contribution in [0.1, 0.15) is 46.5 Å². The van der Waals surface area contributed by atoms with Crippen molar-refractivity contribution in [3.8, 4) is 5.95 Å². The van der Waals surface area contributed by atoms with Gasteiger partial charge in [-0.2, -0.15) is 10.1 Å². The van der Waals surface area contributed by atoms with Gasteiger partial charge in [0.2, 0.25) is 0 Å². The van der Waals surface area contributed by atoms with E-state index in [1.165, 1.54) is 39.8 Å². The molecule has 4 aromatic rings. The molecule has 176 valence electrons. The highest BCUT2D eigenvalue weighted by atomic mass is 19.1. The summed E-state index contributed by atoms with van der Waals surface area (Å²) in [5.74, 6) is -0.536. The molecule has 2 heterocycles. The standard InChI is InChI=1S/C26H28FN5O2/c1-5-31(6-2)24-21-12-18(10-11-20-16(3)8-7-9-17(20)4)22(27)13-23(21)29-26(30-24)32-15-19(14-28-32)25(33)34/h7-9,12-15H,5-6,10-11H2,1-4H3,(H,33,34). The van der Waals surface area contributed by atoms with Gasteiger partial charge in [0, 0.05) is 30.7 Å². The van der Waals surface area contributed by atoms with Gasteiger partial charge in [0.1, 0.15) is 11.6 Å². The van der Waals surface area contributed by atoms with Crippen LogP contribution in [0.2, 0.25) is 0 Å². The van der Waals surface area contributed by atoms with E-state index in [0.717, 1.165) is 11.8 Å². The van der Waals surface area contributed by atoms with E-state index in [0.29, 0.717) is 36.4 Å². The molecule has 0 saturated carbocycles. The average molecular weight is 462 g/mol. The number of aryl methyl sites for hydroxylation is 3. The third-order valence-corrected chi connectivity index (χ3v) is 6.22. The molecular formula is C26H28FN5O2. The predicted molar refractivity (Wildman–Crippen MR) is 130 cm³/mol. The van der Waals surface area contributed by atoms with Crippen molar-refractivity contribution in [2.75, 3.05) is 18.0 Å². The van der Waals surface area contributed by atoms with Crippen LogP contribution in [0.25, 0.3) is 16.9 Å². The summed E-state index contributed by atoms with van der Waals surface area (Å²) in [5.41, 5.74) is 4.75. The third kappa shape index (κ3) is 4.48. The lowest BCUT2D eigenvalue weighted by Gasteiger charge is -2.22. The number of carboxylic acids is 1. The molecule has 0 bridgehead atoms. The van der Waals surface area contributed by atoms with Gasteiger partial charge in [0.15, 0.2) is 0 Å². The summed E-state index contributed by atoms with van der Waals surface area (Å²) in [7, 11) is 0. The van der Waals surface area contributed by atoms with Gasteiger partial charge in [0.05, 0.1) is 17.3 Å². The minimum atomic E-state index is -1.09. The largest absolute Gasteiger partial charge is 0.478 e. The minimum Gasteiger partial charge on any atom is -0.478 e. The Morgan fingerprint density at radius 2 is 1.79 bits per heavy atom. The number of anilines is 1. The highest BCUT2D eigenvalue weighted by molar-refractivity contribution is 5.91. The first-order valence-electron chi connectivity index (χ1n) is 11.4. The first-order valence-corrected chi connectivity index (χ1v) is 11.4. The number of nitrogens with zero attached hydrogens (tertiary/aromatic N) is 5. The van der Waals surface area contributed by atoms with Crippen LogP contribution in [0.3, 0.4) is 0 Å². The minimum absolute atomic E-state index is 0.0288. The lowest BCUT2D eigenvalue weighted by Crippen LogP contribution is -2.24. The number of carboxylic acid groups (broad SMARTS) is 1. The zero-order chi connectivity index (χ0) is 24.4. The maximum Gasteiger partial charge on any atom is 0.338 e. The number of benzene rings is 2. The molecule has 0 saturated heterocycles. The Labute approximate surface area is 197 Å². The summed E-state index contributed by atoms with van der Waals surface area (Å²) >= 11 is 0. The molecule has 0 aliphatic heterocycles. The van der Waals surface area contributed by atoms with E-state index in [9.17, 15) is 9.90 Å². The van der Waals surface area contributed by atoms with Gasteiger partial charge in [-0.05, 0) is 68.9 Å². The molecule has 2 aromatic carbocycles. The average Bonchev–Trinajstić information content (AvgIpc) is 3.30. The molecule has 0 fully saturated rings. The molecule has 0 radical (unpaired) electrons. The molecule has 4 rings (SSSR count). The van der Waals surface area contributed by atoms with Gasteiger partial charge in [-0.15, -0.1) is 0 Å². The smallest absolute Gasteiger partial charge is 0.338 e. The highest BCUT2D eigenvalue weighted by Gasteiger charge is 2.18. The van der Waals surface area contributed by atoms with Crippen molar-refractivity contribution in [2.45, 2.75) is 40.5 Å². The van der Waals surface area contributed by atoms with E-state index < -0.39 is 5.97 Å². The number of rotatable bonds is 8. The van der Waals surface area contributed by atoms with Crippen LogP contribution in [0.4, 0.5) is 10.2 Å².